The molecule has 2 atom stereocenters. The van der Waals surface area contributed by atoms with Gasteiger partial charge in [-0.25, -0.2) is 0 Å². The number of nitrogens with one attached hydrogen (secondary N) is 2. The molecule has 0 unspecified atom stereocenters. The molecule has 1 fully saturated rings. The third-order valence-electron chi connectivity index (χ3n) is 4.39. The van der Waals surface area contributed by atoms with Gasteiger partial charge in [-0.15, -0.1) is 0 Å². The molecule has 0 saturated heterocycles. The molecule has 0 aromatic heterocycles. The Labute approximate surface area is 145 Å². The molecule has 1 aromatic carbocycles. The van der Waals surface area contributed by atoms with Gasteiger partial charge in [0.15, 0.2) is 0 Å². The predicted molar refractivity (Wildman–Crippen MR) is 91.9 cm³/mol. The summed E-state index contributed by atoms with van der Waals surface area (Å²) in [5.74, 6) is -2.90. The van der Waals surface area contributed by atoms with Crippen molar-refractivity contribution in [2.75, 3.05) is 10.6 Å². The molecule has 0 radical (unpaired) electrons. The topological polar surface area (TPSA) is 95.5 Å². The highest BCUT2D eigenvalue weighted by molar-refractivity contribution is 6.34. The molecule has 0 aliphatic heterocycles. The highest BCUT2D eigenvalue weighted by atomic mass is 35.5. The van der Waals surface area contributed by atoms with Gasteiger partial charge in [0.2, 0.25) is 11.8 Å². The lowest BCUT2D eigenvalue weighted by molar-refractivity contribution is -0.140. The molecule has 1 aliphatic rings. The molecule has 2 rings (SSSR count). The second-order valence-corrected chi connectivity index (χ2v) is 7.35. The molecule has 3 N–H and O–H groups in total. The number of amides is 2. The van der Waals surface area contributed by atoms with E-state index in [9.17, 15) is 14.4 Å². The molecule has 130 valence electrons. The van der Waals surface area contributed by atoms with Crippen LogP contribution in [0.2, 0.25) is 5.02 Å². The first-order valence-corrected chi connectivity index (χ1v) is 8.07. The number of rotatable bonds is 5. The number of hydrogen-bond acceptors (Lipinski definition) is 3. The second-order valence-electron chi connectivity index (χ2n) is 6.94. The van der Waals surface area contributed by atoms with E-state index >= 15 is 0 Å². The lowest BCUT2D eigenvalue weighted by Gasteiger charge is -2.11. The highest BCUT2D eigenvalue weighted by Gasteiger charge is 2.65. The van der Waals surface area contributed by atoms with Crippen molar-refractivity contribution < 1.29 is 19.5 Å². The van der Waals surface area contributed by atoms with E-state index in [2.05, 4.69) is 10.6 Å². The number of anilines is 2. The van der Waals surface area contributed by atoms with Gasteiger partial charge in [0.25, 0.3) is 0 Å². The molecule has 1 saturated carbocycles. The van der Waals surface area contributed by atoms with Crippen molar-refractivity contribution in [1.82, 2.24) is 0 Å². The van der Waals surface area contributed by atoms with Crippen molar-refractivity contribution in [2.24, 2.45) is 23.2 Å². The van der Waals surface area contributed by atoms with Crippen LogP contribution in [0.3, 0.4) is 0 Å². The van der Waals surface area contributed by atoms with E-state index < -0.39 is 23.2 Å². The van der Waals surface area contributed by atoms with Crippen LogP contribution >= 0.6 is 11.6 Å². The summed E-state index contributed by atoms with van der Waals surface area (Å²) in [6.07, 6.45) is 0. The molecular weight excluding hydrogens is 332 g/mol. The van der Waals surface area contributed by atoms with E-state index in [1.54, 1.807) is 39.8 Å². The lowest BCUT2D eigenvalue weighted by Crippen LogP contribution is -2.19. The molecule has 1 aliphatic carbocycles. The van der Waals surface area contributed by atoms with E-state index in [4.69, 9.17) is 16.7 Å². The van der Waals surface area contributed by atoms with E-state index in [0.717, 1.165) is 0 Å². The van der Waals surface area contributed by atoms with Gasteiger partial charge < -0.3 is 15.7 Å². The van der Waals surface area contributed by atoms with Gasteiger partial charge in [0, 0.05) is 11.6 Å². The Balaban J connectivity index is 2.07. The van der Waals surface area contributed by atoms with Crippen LogP contribution in [0.25, 0.3) is 0 Å². The zero-order valence-electron chi connectivity index (χ0n) is 14.0. The molecule has 0 spiro atoms. The van der Waals surface area contributed by atoms with Gasteiger partial charge in [0.1, 0.15) is 0 Å². The molecule has 1 aromatic rings. The number of carboxylic acids is 1. The van der Waals surface area contributed by atoms with Gasteiger partial charge in [-0.2, -0.15) is 0 Å². The minimum atomic E-state index is -0.968. The van der Waals surface area contributed by atoms with Crippen molar-refractivity contribution in [2.45, 2.75) is 27.7 Å². The van der Waals surface area contributed by atoms with Crippen LogP contribution in [0, 0.1) is 23.2 Å². The number of carbonyl (C=O) groups is 3. The summed E-state index contributed by atoms with van der Waals surface area (Å²) in [6, 6.07) is 4.75. The van der Waals surface area contributed by atoms with Gasteiger partial charge in [-0.05, 0) is 23.6 Å². The van der Waals surface area contributed by atoms with Gasteiger partial charge in [-0.3, -0.25) is 14.4 Å². The maximum absolute atomic E-state index is 12.3. The van der Waals surface area contributed by atoms with Crippen molar-refractivity contribution in [3.05, 3.63) is 23.2 Å². The van der Waals surface area contributed by atoms with Gasteiger partial charge in [-0.1, -0.05) is 39.3 Å². The van der Waals surface area contributed by atoms with Gasteiger partial charge in [0.05, 0.1) is 22.5 Å². The minimum absolute atomic E-state index is 0.155. The van der Waals surface area contributed by atoms with Crippen molar-refractivity contribution in [3.8, 4) is 0 Å². The van der Waals surface area contributed by atoms with Crippen LogP contribution < -0.4 is 10.6 Å². The molecular formula is C17H21ClN2O4. The summed E-state index contributed by atoms with van der Waals surface area (Å²) in [6.45, 7) is 7.06. The Morgan fingerprint density at radius 3 is 2.25 bits per heavy atom. The fourth-order valence-corrected chi connectivity index (χ4v) is 3.01. The van der Waals surface area contributed by atoms with E-state index in [1.165, 1.54) is 6.07 Å². The number of aliphatic carboxylic acids is 1. The largest absolute Gasteiger partial charge is 0.481 e. The van der Waals surface area contributed by atoms with E-state index in [0.29, 0.717) is 16.4 Å². The van der Waals surface area contributed by atoms with Crippen LogP contribution in [-0.2, 0) is 14.4 Å². The third kappa shape index (κ3) is 3.53. The quantitative estimate of drug-likeness (QED) is 0.758. The molecule has 7 heteroatoms. The van der Waals surface area contributed by atoms with Gasteiger partial charge >= 0.3 is 5.97 Å². The molecule has 0 bridgehead atoms. The standard InChI is InChI=1S/C17H21ClN2O4/c1-8(2)14(21)20-11-6-5-9(7-10(11)18)19-15(22)12-13(16(23)24)17(12,3)4/h5-8,12-13H,1-4H3,(H,19,22)(H,20,21)(H,23,24)/t12-,13-/m0/s1. The fourth-order valence-electron chi connectivity index (χ4n) is 2.78. The normalized spacial score (nSPS) is 21.2. The van der Waals surface area contributed by atoms with Crippen molar-refractivity contribution in [3.63, 3.8) is 0 Å². The van der Waals surface area contributed by atoms with Crippen LogP contribution in [0.5, 0.6) is 0 Å². The minimum Gasteiger partial charge on any atom is -0.481 e. The maximum Gasteiger partial charge on any atom is 0.307 e. The monoisotopic (exact) mass is 352 g/mol. The summed E-state index contributed by atoms with van der Waals surface area (Å²) in [5.41, 5.74) is 0.355. The predicted octanol–water partition coefficient (Wildman–Crippen LogP) is 3.23. The lowest BCUT2D eigenvalue weighted by atomic mass is 10.1. The highest BCUT2D eigenvalue weighted by Crippen LogP contribution is 2.58. The third-order valence-corrected chi connectivity index (χ3v) is 4.71. The first-order valence-electron chi connectivity index (χ1n) is 7.69. The average Bonchev–Trinajstić information content (AvgIpc) is 3.04. The van der Waals surface area contributed by atoms with E-state index in [1.807, 2.05) is 0 Å². The average molecular weight is 353 g/mol. The summed E-state index contributed by atoms with van der Waals surface area (Å²) in [4.78, 5) is 35.1. The smallest absolute Gasteiger partial charge is 0.307 e. The Kier molecular flexibility index (Phi) is 4.90. The number of halogens is 1. The van der Waals surface area contributed by atoms with Crippen molar-refractivity contribution >= 4 is 40.8 Å². The Morgan fingerprint density at radius 2 is 1.79 bits per heavy atom. The van der Waals surface area contributed by atoms with Crippen LogP contribution in [0.15, 0.2) is 18.2 Å². The summed E-state index contributed by atoms with van der Waals surface area (Å²) in [5, 5.41) is 14.8. The van der Waals surface area contributed by atoms with Crippen molar-refractivity contribution in [1.29, 1.82) is 0 Å². The molecule has 24 heavy (non-hydrogen) atoms. The Hall–Kier alpha value is -2.08. The van der Waals surface area contributed by atoms with E-state index in [-0.39, 0.29) is 17.7 Å². The first kappa shape index (κ1) is 18.3. The van der Waals surface area contributed by atoms with Crippen LogP contribution in [-0.4, -0.2) is 22.9 Å². The number of benzene rings is 1. The molecule has 0 heterocycles. The first-order chi connectivity index (χ1) is 11.1. The molecule has 6 nitrogen and oxygen atoms in total. The summed E-state index contributed by atoms with van der Waals surface area (Å²) in [7, 11) is 0. The fraction of sp³-hybridized carbons (Fsp3) is 0.471. The zero-order chi connectivity index (χ0) is 18.2. The SMILES string of the molecule is CC(C)C(=O)Nc1ccc(NC(=O)[C@@H]2[C@@H](C(=O)O)C2(C)C)cc1Cl. The number of carboxylic acid groups (broad SMARTS) is 1. The summed E-state index contributed by atoms with van der Waals surface area (Å²) >= 11 is 6.13. The Bertz CT molecular complexity index is 700. The molecule has 2 amide bonds. The zero-order valence-corrected chi connectivity index (χ0v) is 14.8. The number of hydrogen-bond donors (Lipinski definition) is 3. The number of carbonyl (C=O) groups excluding carboxylic acids is 2. The maximum atomic E-state index is 12.3. The summed E-state index contributed by atoms with van der Waals surface area (Å²) < 4.78 is 0. The van der Waals surface area contributed by atoms with Crippen LogP contribution in [0.4, 0.5) is 11.4 Å². The second kappa shape index (κ2) is 6.43. The Morgan fingerprint density at radius 1 is 1.17 bits per heavy atom. The van der Waals surface area contributed by atoms with Crippen LogP contribution in [0.1, 0.15) is 27.7 Å².